The van der Waals surface area contributed by atoms with Gasteiger partial charge in [0, 0.05) is 17.6 Å². The second-order valence-electron chi connectivity index (χ2n) is 5.56. The highest BCUT2D eigenvalue weighted by Crippen LogP contribution is 2.23. The molecule has 1 aliphatic heterocycles. The van der Waals surface area contributed by atoms with E-state index in [1.165, 1.54) is 18.2 Å². The van der Waals surface area contributed by atoms with Crippen molar-refractivity contribution in [1.82, 2.24) is 10.2 Å². The molecule has 1 aliphatic rings. The van der Waals surface area contributed by atoms with Crippen LogP contribution in [0.15, 0.2) is 18.2 Å². The topological polar surface area (TPSA) is 35.5 Å². The van der Waals surface area contributed by atoms with Crippen molar-refractivity contribution >= 4 is 0 Å². The molecule has 3 nitrogen and oxygen atoms in total. The Morgan fingerprint density at radius 3 is 2.62 bits per heavy atom. The van der Waals surface area contributed by atoms with Gasteiger partial charge in [-0.3, -0.25) is 4.90 Å². The van der Waals surface area contributed by atoms with E-state index < -0.39 is 6.43 Å². The van der Waals surface area contributed by atoms with Crippen molar-refractivity contribution in [3.8, 4) is 5.75 Å². The number of nitrogens with one attached hydrogen (secondary N) is 1. The van der Waals surface area contributed by atoms with E-state index in [0.29, 0.717) is 18.7 Å². The third-order valence-electron chi connectivity index (χ3n) is 3.92. The van der Waals surface area contributed by atoms with Crippen LogP contribution in [0.1, 0.15) is 31.4 Å². The lowest BCUT2D eigenvalue weighted by Gasteiger charge is -2.33. The molecule has 0 aromatic heterocycles. The zero-order valence-electron chi connectivity index (χ0n) is 12.0. The minimum atomic E-state index is -2.30. The van der Waals surface area contributed by atoms with Gasteiger partial charge in [-0.05, 0) is 51.1 Å². The molecule has 0 bridgehead atoms. The van der Waals surface area contributed by atoms with Gasteiger partial charge in [0.1, 0.15) is 11.6 Å². The highest BCUT2D eigenvalue weighted by atomic mass is 19.3. The number of hydrogen-bond acceptors (Lipinski definition) is 3. The van der Waals surface area contributed by atoms with E-state index in [4.69, 9.17) is 0 Å². The van der Waals surface area contributed by atoms with Crippen LogP contribution in [0.3, 0.4) is 0 Å². The average Bonchev–Trinajstić information content (AvgIpc) is 2.43. The zero-order valence-corrected chi connectivity index (χ0v) is 12.0. The number of rotatable bonds is 5. The summed E-state index contributed by atoms with van der Waals surface area (Å²) in [5.74, 6) is -0.324. The molecule has 1 aromatic carbocycles. The van der Waals surface area contributed by atoms with Crippen molar-refractivity contribution in [3.63, 3.8) is 0 Å². The van der Waals surface area contributed by atoms with Gasteiger partial charge in [-0.2, -0.15) is 0 Å². The van der Waals surface area contributed by atoms with E-state index >= 15 is 0 Å². The smallest absolute Gasteiger partial charge is 0.251 e. The van der Waals surface area contributed by atoms with Crippen LogP contribution < -0.4 is 5.32 Å². The van der Waals surface area contributed by atoms with Crippen LogP contribution in [0.4, 0.5) is 13.2 Å². The van der Waals surface area contributed by atoms with Crippen molar-refractivity contribution in [1.29, 1.82) is 0 Å². The minimum absolute atomic E-state index is 0.0341. The summed E-state index contributed by atoms with van der Waals surface area (Å²) >= 11 is 0. The third-order valence-corrected chi connectivity index (χ3v) is 3.92. The number of phenols is 1. The van der Waals surface area contributed by atoms with E-state index in [1.54, 1.807) is 4.90 Å². The first-order valence-corrected chi connectivity index (χ1v) is 7.20. The Morgan fingerprint density at radius 2 is 2.00 bits per heavy atom. The van der Waals surface area contributed by atoms with E-state index in [1.807, 2.05) is 6.92 Å². The molecule has 2 rings (SSSR count). The van der Waals surface area contributed by atoms with E-state index in [-0.39, 0.29) is 30.2 Å². The van der Waals surface area contributed by atoms with Gasteiger partial charge in [0.25, 0.3) is 6.43 Å². The number of aromatic hydroxyl groups is 1. The Kier molecular flexibility index (Phi) is 5.47. The molecule has 2 N–H and O–H groups in total. The molecule has 0 amide bonds. The number of piperidine rings is 1. The van der Waals surface area contributed by atoms with Crippen LogP contribution in [0.25, 0.3) is 0 Å². The average molecular weight is 302 g/mol. The summed E-state index contributed by atoms with van der Waals surface area (Å²) < 4.78 is 38.4. The summed E-state index contributed by atoms with van der Waals surface area (Å²) in [4.78, 5) is 1.75. The number of nitrogens with zero attached hydrogens (tertiary/aromatic N) is 1. The highest BCUT2D eigenvalue weighted by molar-refractivity contribution is 5.30. The van der Waals surface area contributed by atoms with Crippen molar-refractivity contribution in [2.45, 2.75) is 38.3 Å². The molecular weight excluding hydrogens is 281 g/mol. The van der Waals surface area contributed by atoms with E-state index in [9.17, 15) is 18.3 Å². The predicted molar refractivity (Wildman–Crippen MR) is 75.1 cm³/mol. The van der Waals surface area contributed by atoms with E-state index in [0.717, 1.165) is 12.8 Å². The standard InChI is InChI=1S/C15H21F3N2O/c1-10(13-8-12(21)2-3-14(13)16)19-11-4-6-20(7-5-11)9-15(17)18/h2-3,8,10-11,15,19,21H,4-7,9H2,1H3. The second kappa shape index (κ2) is 7.13. The number of hydrogen-bond donors (Lipinski definition) is 2. The maximum absolute atomic E-state index is 13.7. The maximum atomic E-state index is 13.7. The summed E-state index contributed by atoms with van der Waals surface area (Å²) in [6.07, 6.45) is -0.774. The molecule has 1 unspecified atom stereocenters. The molecule has 1 fully saturated rings. The minimum Gasteiger partial charge on any atom is -0.508 e. The number of phenolic OH excluding ortho intramolecular Hbond substituents is 1. The predicted octanol–water partition coefficient (Wildman–Crippen LogP) is 2.91. The summed E-state index contributed by atoms with van der Waals surface area (Å²) in [7, 11) is 0. The molecule has 1 saturated heterocycles. The van der Waals surface area contributed by atoms with Gasteiger partial charge in [-0.15, -0.1) is 0 Å². The molecule has 1 atom stereocenters. The Hall–Kier alpha value is -1.27. The van der Waals surface area contributed by atoms with Gasteiger partial charge < -0.3 is 10.4 Å². The van der Waals surface area contributed by atoms with Gasteiger partial charge in [0.05, 0.1) is 6.54 Å². The fourth-order valence-corrected chi connectivity index (χ4v) is 2.78. The lowest BCUT2D eigenvalue weighted by atomic mass is 10.0. The van der Waals surface area contributed by atoms with Crippen LogP contribution in [0.2, 0.25) is 0 Å². The first-order chi connectivity index (χ1) is 9.95. The van der Waals surface area contributed by atoms with Gasteiger partial charge in [-0.25, -0.2) is 13.2 Å². The number of alkyl halides is 2. The van der Waals surface area contributed by atoms with Crippen LogP contribution in [-0.4, -0.2) is 42.1 Å². The number of benzene rings is 1. The molecular formula is C15H21F3N2O. The van der Waals surface area contributed by atoms with Crippen LogP contribution >= 0.6 is 0 Å². The molecule has 118 valence electrons. The third kappa shape index (κ3) is 4.61. The lowest BCUT2D eigenvalue weighted by Crippen LogP contribution is -2.44. The SMILES string of the molecule is CC(NC1CCN(CC(F)F)CC1)c1cc(O)ccc1F. The second-order valence-corrected chi connectivity index (χ2v) is 5.56. The van der Waals surface area contributed by atoms with Crippen LogP contribution in [0, 0.1) is 5.82 Å². The normalized spacial score (nSPS) is 19.1. The molecule has 21 heavy (non-hydrogen) atoms. The highest BCUT2D eigenvalue weighted by Gasteiger charge is 2.23. The number of likely N-dealkylation sites (tertiary alicyclic amines) is 1. The lowest BCUT2D eigenvalue weighted by molar-refractivity contribution is 0.0722. The molecule has 1 heterocycles. The summed E-state index contributed by atoms with van der Waals surface area (Å²) in [6, 6.07) is 3.92. The molecule has 0 aliphatic carbocycles. The first-order valence-electron chi connectivity index (χ1n) is 7.20. The van der Waals surface area contributed by atoms with Gasteiger partial charge in [0.2, 0.25) is 0 Å². The zero-order chi connectivity index (χ0) is 15.4. The molecule has 0 spiro atoms. The summed E-state index contributed by atoms with van der Waals surface area (Å²) in [5, 5.41) is 12.8. The molecule has 0 radical (unpaired) electrons. The molecule has 0 saturated carbocycles. The van der Waals surface area contributed by atoms with E-state index in [2.05, 4.69) is 5.32 Å². The fraction of sp³-hybridized carbons (Fsp3) is 0.600. The largest absolute Gasteiger partial charge is 0.508 e. The van der Waals surface area contributed by atoms with Crippen molar-refractivity contribution in [2.24, 2.45) is 0 Å². The van der Waals surface area contributed by atoms with Gasteiger partial charge in [0.15, 0.2) is 0 Å². The van der Waals surface area contributed by atoms with Crippen LogP contribution in [0.5, 0.6) is 5.75 Å². The Morgan fingerprint density at radius 1 is 1.33 bits per heavy atom. The van der Waals surface area contributed by atoms with Crippen molar-refractivity contribution in [2.75, 3.05) is 19.6 Å². The first kappa shape index (κ1) is 16.1. The number of halogens is 3. The Labute approximate surface area is 122 Å². The quantitative estimate of drug-likeness (QED) is 0.878. The van der Waals surface area contributed by atoms with Crippen molar-refractivity contribution in [3.05, 3.63) is 29.6 Å². The Balaban J connectivity index is 1.87. The Bertz CT molecular complexity index is 462. The molecule has 6 heteroatoms. The summed E-state index contributed by atoms with van der Waals surface area (Å²) in [6.45, 7) is 2.90. The monoisotopic (exact) mass is 302 g/mol. The maximum Gasteiger partial charge on any atom is 0.251 e. The molecule has 1 aromatic rings. The van der Waals surface area contributed by atoms with Crippen molar-refractivity contribution < 1.29 is 18.3 Å². The van der Waals surface area contributed by atoms with Gasteiger partial charge in [-0.1, -0.05) is 0 Å². The fourth-order valence-electron chi connectivity index (χ4n) is 2.78. The van der Waals surface area contributed by atoms with Gasteiger partial charge >= 0.3 is 0 Å². The summed E-state index contributed by atoms with van der Waals surface area (Å²) in [5.41, 5.74) is 0.421. The van der Waals surface area contributed by atoms with Crippen LogP contribution in [-0.2, 0) is 0 Å².